The van der Waals surface area contributed by atoms with Gasteiger partial charge in [-0.05, 0) is 116 Å². The van der Waals surface area contributed by atoms with Gasteiger partial charge in [0, 0.05) is 44.3 Å². The fourth-order valence-corrected chi connectivity index (χ4v) is 10.4. The van der Waals surface area contributed by atoms with E-state index in [1.165, 1.54) is 38.8 Å². The fraction of sp³-hybridized carbons (Fsp3) is 0.118. The smallest absolute Gasteiger partial charge is 0.268 e. The van der Waals surface area contributed by atoms with Crippen molar-refractivity contribution in [3.8, 4) is 62.1 Å². The maximum absolute atomic E-state index is 9.09. The van der Waals surface area contributed by atoms with Gasteiger partial charge in [0.2, 0.25) is 0 Å². The second-order valence-corrected chi connectivity index (χ2v) is 19.5. The second-order valence-electron chi connectivity index (χ2n) is 19.5. The summed E-state index contributed by atoms with van der Waals surface area (Å²) in [5.74, 6) is 1.59. The molecule has 0 fully saturated rings. The van der Waals surface area contributed by atoms with Crippen LogP contribution in [0.15, 0.2) is 212 Å². The first-order chi connectivity index (χ1) is 40.0. The average Bonchev–Trinajstić information content (AvgIpc) is 1.86. The number of pyridine rings is 1. The zero-order valence-electron chi connectivity index (χ0n) is 50.8. The Morgan fingerprint density at radius 1 is 0.595 bits per heavy atom. The number of imidazole rings is 1. The van der Waals surface area contributed by atoms with Crippen molar-refractivity contribution in [1.82, 2.24) is 14.1 Å². The maximum Gasteiger partial charge on any atom is 0.268 e. The molecule has 4 aliphatic rings. The molecular weight excluding hydrogens is 1080 g/mol. The van der Waals surface area contributed by atoms with Crippen LogP contribution in [0.2, 0.25) is 0 Å². The minimum atomic E-state index is -0.572. The minimum absolute atomic E-state index is 0. The topological polar surface area (TPSA) is 35.9 Å². The third kappa shape index (κ3) is 8.55. The zero-order chi connectivity index (χ0) is 57.7. The number of hydrogen-bond acceptors (Lipinski definition) is 2. The summed E-state index contributed by atoms with van der Waals surface area (Å²) >= 11 is 0. The van der Waals surface area contributed by atoms with Crippen LogP contribution in [-0.2, 0) is 52.2 Å². The molecular formula is C68H52N4OPt-2. The summed E-state index contributed by atoms with van der Waals surface area (Å²) in [5.41, 5.74) is 12.2. The summed E-state index contributed by atoms with van der Waals surface area (Å²) in [6.45, 7) is 6.62. The number of benzene rings is 9. The number of nitrogens with zero attached hydrogens (tertiary/aromatic N) is 4. The predicted molar refractivity (Wildman–Crippen MR) is 296 cm³/mol. The van der Waals surface area contributed by atoms with Crippen molar-refractivity contribution >= 4 is 32.8 Å². The molecule has 6 heteroatoms. The first-order valence-corrected chi connectivity index (χ1v) is 24.6. The van der Waals surface area contributed by atoms with Gasteiger partial charge in [-0.25, -0.2) is 4.98 Å². The van der Waals surface area contributed by atoms with Gasteiger partial charge in [0.1, 0.15) is 5.82 Å². The number of hydrogen-bond donors (Lipinski definition) is 0. The molecule has 0 N–H and O–H groups in total. The average molecular weight is 1150 g/mol. The van der Waals surface area contributed by atoms with Crippen molar-refractivity contribution < 1.29 is 44.1 Å². The molecule has 16 rings (SSSR count). The normalized spacial score (nSPS) is 14.4. The first-order valence-electron chi connectivity index (χ1n) is 29.6. The molecule has 0 spiro atoms. The maximum atomic E-state index is 9.09. The van der Waals surface area contributed by atoms with E-state index in [0.717, 1.165) is 53.5 Å². The summed E-state index contributed by atoms with van der Waals surface area (Å²) < 4.78 is 100. The first kappa shape index (κ1) is 36.7. The standard InChI is InChI=1S/C68H52N4O.Pt/c1-68(2,3)53-39-40-69-64(42-53)72-63-44-56(37-38-59(63)65-51-32-30-46-29-31-50(33-35-52(36-34-51)66(65)72)60(41-46)49-21-11-6-12-22-49)73-55-24-15-23-54(43-55)70-45-71(62-28-14-13-27-61(62)70)67-57(47-17-7-4-8-18-47)25-16-26-58(67)48-19-9-5-10-20-48;/h4-29,31,34,36-42H,30,32-33,35H2,1-3H3;/q-2;/i4D,5D,7D,8D,9D,10D,17D,18D,19D,20D;. The molecule has 0 atom stereocenters. The van der Waals surface area contributed by atoms with Crippen LogP contribution in [0.1, 0.15) is 62.3 Å². The fourth-order valence-electron chi connectivity index (χ4n) is 10.4. The van der Waals surface area contributed by atoms with Gasteiger partial charge in [0.15, 0.2) is 0 Å². The zero-order valence-corrected chi connectivity index (χ0v) is 43.0. The Kier molecular flexibility index (Phi) is 9.63. The van der Waals surface area contributed by atoms with Gasteiger partial charge < -0.3 is 13.9 Å². The molecule has 5 nitrogen and oxygen atoms in total. The number of para-hydroxylation sites is 3. The van der Waals surface area contributed by atoms with Crippen molar-refractivity contribution in [3.05, 3.63) is 258 Å². The van der Waals surface area contributed by atoms with Gasteiger partial charge >= 0.3 is 0 Å². The Morgan fingerprint density at radius 3 is 2.04 bits per heavy atom. The van der Waals surface area contributed by atoms with Crippen LogP contribution in [0.4, 0.5) is 0 Å². The largest absolute Gasteiger partial charge is 0.510 e. The van der Waals surface area contributed by atoms with Crippen molar-refractivity contribution in [2.45, 2.75) is 51.9 Å². The minimum Gasteiger partial charge on any atom is -0.510 e. The van der Waals surface area contributed by atoms with E-state index in [4.69, 9.17) is 23.4 Å². The van der Waals surface area contributed by atoms with Crippen LogP contribution >= 0.6 is 0 Å². The van der Waals surface area contributed by atoms with Gasteiger partial charge in [-0.2, -0.15) is 18.2 Å². The molecule has 4 aliphatic carbocycles. The van der Waals surface area contributed by atoms with Crippen LogP contribution < -0.4 is 9.30 Å². The van der Waals surface area contributed by atoms with E-state index >= 15 is 0 Å². The van der Waals surface area contributed by atoms with Crippen LogP contribution in [0.25, 0.3) is 83.4 Å². The van der Waals surface area contributed by atoms with Gasteiger partial charge in [-0.3, -0.25) is 4.57 Å². The van der Waals surface area contributed by atoms with E-state index in [1.807, 2.05) is 54.7 Å². The predicted octanol–water partition coefficient (Wildman–Crippen LogP) is 15.8. The van der Waals surface area contributed by atoms with Gasteiger partial charge in [0.05, 0.1) is 30.4 Å². The summed E-state index contributed by atoms with van der Waals surface area (Å²) in [6.07, 6.45) is 8.63. The number of aryl methyl sites for hydroxylation is 4. The molecule has 12 aromatic rings. The van der Waals surface area contributed by atoms with Gasteiger partial charge in [-0.1, -0.05) is 190 Å². The van der Waals surface area contributed by atoms with E-state index in [-0.39, 0.29) is 54.4 Å². The van der Waals surface area contributed by atoms with Gasteiger partial charge in [-0.15, -0.1) is 29.7 Å². The number of ether oxygens (including phenoxy) is 1. The summed E-state index contributed by atoms with van der Waals surface area (Å²) in [6, 6.07) is 50.1. The summed E-state index contributed by atoms with van der Waals surface area (Å²) in [5, 5.41) is 2.20. The molecule has 74 heavy (non-hydrogen) atoms. The van der Waals surface area contributed by atoms with Crippen molar-refractivity contribution in [3.63, 3.8) is 0 Å². The summed E-state index contributed by atoms with van der Waals surface area (Å²) in [7, 11) is 0. The Bertz CT molecular complexity index is 4520. The van der Waals surface area contributed by atoms with Crippen LogP contribution in [0, 0.1) is 18.5 Å². The Labute approximate surface area is 461 Å². The molecule has 0 radical (unpaired) electrons. The van der Waals surface area contributed by atoms with E-state index < -0.39 is 60.4 Å². The Hall–Kier alpha value is -8.11. The molecule has 0 unspecified atom stereocenters. The van der Waals surface area contributed by atoms with Gasteiger partial charge in [0.25, 0.3) is 6.33 Å². The van der Waals surface area contributed by atoms with E-state index in [9.17, 15) is 0 Å². The molecule has 3 heterocycles. The monoisotopic (exact) mass is 1150 g/mol. The molecule has 4 bridgehead atoms. The number of fused-ring (bicyclic) bond motifs is 2. The SMILES string of the molecule is [2H]c1c([2H])c([2H])c(-c2cccc(-c3c([2H])c([2H])c([2H])c([2H])c3[2H])c2-[n+]2[c-]n(-c3[c-]c(Oc4[c-]c5c(cc4)c4c6ccc(c4n5-c4cc(C(C)(C)C)ccn4)CCc4ccc(cc4-c4ccccc4)CC6)ccc3)c3ccccc32)c([2H])c1[2H].[Pt]. The van der Waals surface area contributed by atoms with Crippen molar-refractivity contribution in [2.75, 3.05) is 0 Å². The molecule has 0 saturated carbocycles. The molecule has 3 aromatic heterocycles. The molecule has 9 aromatic carbocycles. The van der Waals surface area contributed by atoms with Crippen LogP contribution in [0.5, 0.6) is 11.5 Å². The quantitative estimate of drug-likeness (QED) is 0.112. The number of aromatic nitrogens is 4. The molecule has 0 saturated heterocycles. The number of rotatable bonds is 8. The molecule has 0 aliphatic heterocycles. The van der Waals surface area contributed by atoms with Crippen LogP contribution in [0.3, 0.4) is 0 Å². The second kappa shape index (κ2) is 19.4. The molecule has 0 amide bonds. The Morgan fingerprint density at radius 2 is 1.27 bits per heavy atom. The van der Waals surface area contributed by atoms with E-state index in [2.05, 4.69) is 123 Å². The van der Waals surface area contributed by atoms with Crippen LogP contribution in [-0.4, -0.2) is 14.1 Å². The van der Waals surface area contributed by atoms with E-state index in [0.29, 0.717) is 28.2 Å². The Balaban J connectivity index is 0.00000694. The summed E-state index contributed by atoms with van der Waals surface area (Å²) in [4.78, 5) is 5.07. The van der Waals surface area contributed by atoms with Crippen molar-refractivity contribution in [1.29, 1.82) is 0 Å². The third-order valence-electron chi connectivity index (χ3n) is 14.0. The third-order valence-corrected chi connectivity index (χ3v) is 14.0. The van der Waals surface area contributed by atoms with Crippen molar-refractivity contribution in [2.24, 2.45) is 0 Å². The molecule has 362 valence electrons. The van der Waals surface area contributed by atoms with E-state index in [1.54, 1.807) is 27.3 Å².